The second-order valence-corrected chi connectivity index (χ2v) is 5.85. The van der Waals surface area contributed by atoms with E-state index in [1.807, 2.05) is 13.0 Å². The Labute approximate surface area is 132 Å². The maximum atomic E-state index is 13.4. The summed E-state index contributed by atoms with van der Waals surface area (Å²) in [6.07, 6.45) is -0.257. The summed E-state index contributed by atoms with van der Waals surface area (Å²) in [6, 6.07) is 5.37. The van der Waals surface area contributed by atoms with Crippen LogP contribution in [0.1, 0.15) is 25.0 Å². The molecule has 1 aromatic rings. The highest BCUT2D eigenvalue weighted by molar-refractivity contribution is 5.89. The van der Waals surface area contributed by atoms with Gasteiger partial charge in [0.05, 0.1) is 11.3 Å². The highest BCUT2D eigenvalue weighted by Crippen LogP contribution is 2.49. The average molecular weight is 324 g/mol. The van der Waals surface area contributed by atoms with Crippen molar-refractivity contribution in [1.29, 1.82) is 0 Å². The van der Waals surface area contributed by atoms with Crippen molar-refractivity contribution in [1.82, 2.24) is 0 Å². The molecule has 0 aromatic heterocycles. The Morgan fingerprint density at radius 3 is 2.52 bits per heavy atom. The summed E-state index contributed by atoms with van der Waals surface area (Å²) in [5.41, 5.74) is 11.5. The number of allylic oxidation sites excluding steroid dienone is 3. The number of hydrogen-bond donors (Lipinski definition) is 2. The van der Waals surface area contributed by atoms with Crippen molar-refractivity contribution in [2.45, 2.75) is 26.4 Å². The summed E-state index contributed by atoms with van der Waals surface area (Å²) in [6.45, 7) is 2.91. The highest BCUT2D eigenvalue weighted by atomic mass is 19.4. The van der Waals surface area contributed by atoms with Gasteiger partial charge in [0.2, 0.25) is 5.91 Å². The Morgan fingerprint density at radius 1 is 1.35 bits per heavy atom. The Morgan fingerprint density at radius 2 is 2.00 bits per heavy atom. The normalized spacial score (nSPS) is 24.4. The van der Waals surface area contributed by atoms with Crippen molar-refractivity contribution in [2.75, 3.05) is 5.73 Å². The number of carbonyl (C=O) groups excluding carboxylic acids is 1. The molecule has 3 nitrogen and oxygen atoms in total. The Hall–Kier alpha value is -2.24. The number of rotatable bonds is 3. The lowest BCUT2D eigenvalue weighted by molar-refractivity contribution is -0.212. The van der Waals surface area contributed by atoms with E-state index in [1.54, 1.807) is 12.1 Å². The molecule has 1 aromatic carbocycles. The number of para-hydroxylation sites is 1. The zero-order chi connectivity index (χ0) is 17.4. The van der Waals surface area contributed by atoms with Crippen molar-refractivity contribution < 1.29 is 18.0 Å². The molecule has 0 saturated heterocycles. The van der Waals surface area contributed by atoms with E-state index in [0.717, 1.165) is 18.6 Å². The fourth-order valence-corrected chi connectivity index (χ4v) is 2.78. The van der Waals surface area contributed by atoms with Crippen LogP contribution in [0.4, 0.5) is 18.9 Å². The first-order valence-electron chi connectivity index (χ1n) is 7.26. The molecule has 0 heterocycles. The molecule has 124 valence electrons. The molecule has 2 atom stereocenters. The maximum absolute atomic E-state index is 13.4. The largest absolute Gasteiger partial charge is 0.398 e. The van der Waals surface area contributed by atoms with E-state index >= 15 is 0 Å². The standard InChI is InChI=1S/C17H19F3N2O/c1-3-10-5-4-6-12(14(10)21)11-7-8-16(2,17(18,19)20)13(9-11)15(22)23/h4-9,13H,3,21H2,1-2H3,(H2,22,23). The molecular formula is C17H19F3N2O. The number of aryl methyl sites for hydroxylation is 1. The quantitative estimate of drug-likeness (QED) is 0.836. The summed E-state index contributed by atoms with van der Waals surface area (Å²) < 4.78 is 40.1. The van der Waals surface area contributed by atoms with Crippen molar-refractivity contribution in [3.63, 3.8) is 0 Å². The zero-order valence-corrected chi connectivity index (χ0v) is 12.9. The van der Waals surface area contributed by atoms with E-state index in [1.165, 1.54) is 12.2 Å². The molecule has 0 fully saturated rings. The zero-order valence-electron chi connectivity index (χ0n) is 12.9. The number of halogens is 3. The molecule has 6 heteroatoms. The first-order valence-corrected chi connectivity index (χ1v) is 7.26. The van der Waals surface area contributed by atoms with Crippen molar-refractivity contribution >= 4 is 17.2 Å². The molecule has 1 aliphatic rings. The molecule has 1 aliphatic carbocycles. The number of nitrogens with two attached hydrogens (primary N) is 2. The van der Waals surface area contributed by atoms with Gasteiger partial charge in [0.1, 0.15) is 0 Å². The van der Waals surface area contributed by atoms with E-state index in [2.05, 4.69) is 0 Å². The van der Waals surface area contributed by atoms with E-state index in [-0.39, 0.29) is 0 Å². The van der Waals surface area contributed by atoms with Gasteiger partial charge in [-0.2, -0.15) is 13.2 Å². The minimum absolute atomic E-state index is 0.475. The number of hydrogen-bond acceptors (Lipinski definition) is 2. The number of alkyl halides is 3. The molecule has 0 spiro atoms. The van der Waals surface area contributed by atoms with Crippen molar-refractivity contribution in [3.05, 3.63) is 47.6 Å². The predicted molar refractivity (Wildman–Crippen MR) is 84.2 cm³/mol. The molecule has 0 bridgehead atoms. The van der Waals surface area contributed by atoms with Gasteiger partial charge in [-0.3, -0.25) is 4.79 Å². The summed E-state index contributed by atoms with van der Waals surface area (Å²) in [5.74, 6) is -2.50. The van der Waals surface area contributed by atoms with E-state index in [9.17, 15) is 18.0 Å². The van der Waals surface area contributed by atoms with Gasteiger partial charge >= 0.3 is 6.18 Å². The second-order valence-electron chi connectivity index (χ2n) is 5.85. The third-order valence-corrected chi connectivity index (χ3v) is 4.41. The number of nitrogen functional groups attached to an aromatic ring is 1. The molecule has 23 heavy (non-hydrogen) atoms. The van der Waals surface area contributed by atoms with Crippen LogP contribution in [0.5, 0.6) is 0 Å². The first-order chi connectivity index (χ1) is 10.6. The summed E-state index contributed by atoms with van der Waals surface area (Å²) in [7, 11) is 0. The SMILES string of the molecule is CCc1cccc(C2=CC(C(N)=O)C(C)(C(F)(F)F)C=C2)c1N. The van der Waals surface area contributed by atoms with Crippen LogP contribution in [0.15, 0.2) is 36.4 Å². The van der Waals surface area contributed by atoms with Crippen LogP contribution in [0.3, 0.4) is 0 Å². The number of benzene rings is 1. The summed E-state index contributed by atoms with van der Waals surface area (Å²) >= 11 is 0. The predicted octanol–water partition coefficient (Wildman–Crippen LogP) is 3.45. The van der Waals surface area contributed by atoms with Gasteiger partial charge in [0.25, 0.3) is 0 Å². The number of carbonyl (C=O) groups is 1. The molecule has 2 rings (SSSR count). The van der Waals surface area contributed by atoms with Crippen LogP contribution < -0.4 is 11.5 Å². The molecule has 0 radical (unpaired) electrons. The highest BCUT2D eigenvalue weighted by Gasteiger charge is 2.56. The van der Waals surface area contributed by atoms with Gasteiger partial charge in [0, 0.05) is 11.3 Å². The Balaban J connectivity index is 2.55. The van der Waals surface area contributed by atoms with Crippen LogP contribution in [-0.2, 0) is 11.2 Å². The number of primary amides is 1. The van der Waals surface area contributed by atoms with Crippen LogP contribution >= 0.6 is 0 Å². The minimum Gasteiger partial charge on any atom is -0.398 e. The second kappa shape index (κ2) is 5.76. The molecule has 0 aliphatic heterocycles. The summed E-state index contributed by atoms with van der Waals surface area (Å²) in [4.78, 5) is 11.6. The minimum atomic E-state index is -4.58. The van der Waals surface area contributed by atoms with Gasteiger partial charge in [0.15, 0.2) is 0 Å². The average Bonchev–Trinajstić information content (AvgIpc) is 2.47. The lowest BCUT2D eigenvalue weighted by atomic mass is 9.71. The Bertz CT molecular complexity index is 692. The first kappa shape index (κ1) is 17.1. The van der Waals surface area contributed by atoms with E-state index < -0.39 is 23.4 Å². The maximum Gasteiger partial charge on any atom is 0.398 e. The van der Waals surface area contributed by atoms with Gasteiger partial charge in [-0.25, -0.2) is 0 Å². The van der Waals surface area contributed by atoms with E-state index in [0.29, 0.717) is 23.2 Å². The van der Waals surface area contributed by atoms with Crippen molar-refractivity contribution in [3.8, 4) is 0 Å². The van der Waals surface area contributed by atoms with E-state index in [4.69, 9.17) is 11.5 Å². The topological polar surface area (TPSA) is 69.1 Å². The van der Waals surface area contributed by atoms with Gasteiger partial charge < -0.3 is 11.5 Å². The monoisotopic (exact) mass is 324 g/mol. The van der Waals surface area contributed by atoms with Crippen molar-refractivity contribution in [2.24, 2.45) is 17.1 Å². The lowest BCUT2D eigenvalue weighted by Gasteiger charge is -2.36. The molecule has 4 N–H and O–H groups in total. The molecule has 1 amide bonds. The third-order valence-electron chi connectivity index (χ3n) is 4.41. The van der Waals surface area contributed by atoms with Gasteiger partial charge in [-0.05, 0) is 24.5 Å². The third kappa shape index (κ3) is 2.85. The number of amides is 1. The smallest absolute Gasteiger partial charge is 0.398 e. The fourth-order valence-electron chi connectivity index (χ4n) is 2.78. The van der Waals surface area contributed by atoms with Crippen LogP contribution in [0.25, 0.3) is 5.57 Å². The lowest BCUT2D eigenvalue weighted by Crippen LogP contribution is -2.46. The fraction of sp³-hybridized carbons (Fsp3) is 0.353. The van der Waals surface area contributed by atoms with Crippen LogP contribution in [-0.4, -0.2) is 12.1 Å². The number of anilines is 1. The van der Waals surface area contributed by atoms with Crippen LogP contribution in [0.2, 0.25) is 0 Å². The van der Waals surface area contributed by atoms with Crippen LogP contribution in [0, 0.1) is 11.3 Å². The molecule has 2 unspecified atom stereocenters. The Kier molecular flexibility index (Phi) is 4.28. The van der Waals surface area contributed by atoms with Gasteiger partial charge in [-0.15, -0.1) is 0 Å². The van der Waals surface area contributed by atoms with Gasteiger partial charge in [-0.1, -0.05) is 43.4 Å². The molecule has 0 saturated carbocycles. The summed E-state index contributed by atoms with van der Waals surface area (Å²) in [5, 5.41) is 0. The molecular weight excluding hydrogens is 305 g/mol.